The Kier molecular flexibility index (Phi) is 7.16. The first kappa shape index (κ1) is 31.1. The smallest absolute Gasteiger partial charge is 0.309 e. The molecule has 0 radical (unpaired) electrons. The second kappa shape index (κ2) is 11.0. The lowest BCUT2D eigenvalue weighted by Gasteiger charge is -2.33. The average molecular weight is 641 g/mol. The van der Waals surface area contributed by atoms with Crippen LogP contribution in [-0.2, 0) is 25.2 Å². The zero-order valence-electron chi connectivity index (χ0n) is 27.3. The van der Waals surface area contributed by atoms with E-state index >= 15 is 0 Å². The Bertz CT molecular complexity index is 2230. The van der Waals surface area contributed by atoms with E-state index < -0.39 is 22.8 Å². The van der Waals surface area contributed by atoms with Crippen molar-refractivity contribution in [3.05, 3.63) is 119 Å². The Balaban J connectivity index is 1.34. The zero-order valence-corrected chi connectivity index (χ0v) is 27.3. The van der Waals surface area contributed by atoms with Crippen molar-refractivity contribution in [2.45, 2.75) is 51.4 Å². The van der Waals surface area contributed by atoms with Gasteiger partial charge in [0, 0.05) is 52.2 Å². The Morgan fingerprint density at radius 3 is 2.02 bits per heavy atom. The Morgan fingerprint density at radius 1 is 0.792 bits per heavy atom. The first-order valence-electron chi connectivity index (χ1n) is 16.1. The van der Waals surface area contributed by atoms with Gasteiger partial charge in [0.25, 0.3) is 0 Å². The first-order chi connectivity index (χ1) is 22.8. The summed E-state index contributed by atoms with van der Waals surface area (Å²) in [4.78, 5) is 39.1. The number of carboxylic acids is 2. The van der Waals surface area contributed by atoms with Crippen LogP contribution in [0.1, 0.15) is 51.7 Å². The number of hydrogen-bond acceptors (Lipinski definition) is 5. The molecular formula is C40H36N2O6. The van der Waals surface area contributed by atoms with Gasteiger partial charge in [-0.1, -0.05) is 74.2 Å². The summed E-state index contributed by atoms with van der Waals surface area (Å²) < 4.78 is 1.93. The minimum atomic E-state index is -0.938. The molecule has 242 valence electrons. The summed E-state index contributed by atoms with van der Waals surface area (Å²) in [6.07, 6.45) is 3.06. The fourth-order valence-corrected chi connectivity index (χ4v) is 7.86. The van der Waals surface area contributed by atoms with Crippen molar-refractivity contribution < 1.29 is 34.3 Å². The predicted octanol–water partition coefficient (Wildman–Crippen LogP) is 6.12. The van der Waals surface area contributed by atoms with E-state index in [1.807, 2.05) is 110 Å². The maximum atomic E-state index is 13.9. The predicted molar refractivity (Wildman–Crippen MR) is 184 cm³/mol. The van der Waals surface area contributed by atoms with E-state index in [1.165, 1.54) is 0 Å². The summed E-state index contributed by atoms with van der Waals surface area (Å²) >= 11 is 0. The van der Waals surface area contributed by atoms with Gasteiger partial charge < -0.3 is 20.2 Å². The van der Waals surface area contributed by atoms with Gasteiger partial charge in [-0.2, -0.15) is 4.58 Å². The number of fused-ring (bicyclic) bond motifs is 6. The van der Waals surface area contributed by atoms with Gasteiger partial charge in [0.05, 0.1) is 11.8 Å². The van der Waals surface area contributed by atoms with Gasteiger partial charge in [-0.3, -0.25) is 14.4 Å². The molecule has 8 nitrogen and oxygen atoms in total. The molecule has 2 heterocycles. The molecule has 0 fully saturated rings. The van der Waals surface area contributed by atoms with Crippen LogP contribution >= 0.6 is 0 Å². The molecule has 7 rings (SSSR count). The SMILES string of the molecule is CC1(C)C(=CC2=C([O-])C(=CC3=[N+](CCC(=O)O)c4ccc5ccccc5c4C3(C)C)C2=O)N(CCC(=O)O)c2ccc3ccccc3c21. The number of rotatable bonds is 8. The quantitative estimate of drug-likeness (QED) is 0.176. The van der Waals surface area contributed by atoms with Crippen LogP contribution in [0.5, 0.6) is 0 Å². The molecular weight excluding hydrogens is 604 g/mol. The van der Waals surface area contributed by atoms with Crippen LogP contribution in [0.2, 0.25) is 0 Å². The number of anilines is 1. The number of carbonyl (C=O) groups is 3. The van der Waals surface area contributed by atoms with E-state index in [0.717, 1.165) is 44.0 Å². The molecule has 0 atom stereocenters. The maximum Gasteiger partial charge on any atom is 0.309 e. The molecule has 0 saturated heterocycles. The largest absolute Gasteiger partial charge is 0.871 e. The minimum absolute atomic E-state index is 0.0539. The lowest BCUT2D eigenvalue weighted by Crippen LogP contribution is -2.35. The van der Waals surface area contributed by atoms with Gasteiger partial charge in [0.1, 0.15) is 6.42 Å². The molecule has 4 aromatic rings. The Morgan fingerprint density at radius 2 is 1.40 bits per heavy atom. The highest BCUT2D eigenvalue weighted by molar-refractivity contribution is 6.24. The summed E-state index contributed by atoms with van der Waals surface area (Å²) in [5.74, 6) is -2.64. The molecule has 48 heavy (non-hydrogen) atoms. The number of Topliss-reactive ketones (excluding diaryl/α,β-unsaturated/α-hetero) is 1. The van der Waals surface area contributed by atoms with E-state index in [4.69, 9.17) is 0 Å². The molecule has 0 unspecified atom stereocenters. The second-order valence-electron chi connectivity index (χ2n) is 13.7. The number of hydrogen-bond donors (Lipinski definition) is 2. The monoisotopic (exact) mass is 640 g/mol. The molecule has 2 aliphatic heterocycles. The van der Waals surface area contributed by atoms with Crippen molar-refractivity contribution in [2.24, 2.45) is 0 Å². The van der Waals surface area contributed by atoms with Crippen LogP contribution in [0.25, 0.3) is 21.5 Å². The molecule has 4 aromatic carbocycles. The van der Waals surface area contributed by atoms with Crippen LogP contribution in [0.3, 0.4) is 0 Å². The van der Waals surface area contributed by atoms with E-state index in [-0.39, 0.29) is 48.6 Å². The van der Waals surface area contributed by atoms with Crippen LogP contribution < -0.4 is 10.0 Å². The van der Waals surface area contributed by atoms with Crippen LogP contribution in [-0.4, -0.2) is 51.3 Å². The second-order valence-corrected chi connectivity index (χ2v) is 13.7. The van der Waals surface area contributed by atoms with Crippen molar-refractivity contribution in [3.63, 3.8) is 0 Å². The molecule has 2 N–H and O–H groups in total. The fraction of sp³-hybridized carbons (Fsp3) is 0.250. The van der Waals surface area contributed by atoms with Gasteiger partial charge in [0.2, 0.25) is 5.69 Å². The number of ketones is 1. The van der Waals surface area contributed by atoms with Crippen molar-refractivity contribution >= 4 is 56.4 Å². The maximum absolute atomic E-state index is 13.9. The van der Waals surface area contributed by atoms with E-state index in [1.54, 1.807) is 12.2 Å². The summed E-state index contributed by atoms with van der Waals surface area (Å²) in [5, 5.41) is 37.2. The number of benzene rings is 4. The van der Waals surface area contributed by atoms with Gasteiger partial charge in [0.15, 0.2) is 18.0 Å². The third-order valence-corrected chi connectivity index (χ3v) is 10.1. The number of carboxylic acid groups (broad SMARTS) is 2. The van der Waals surface area contributed by atoms with E-state index in [0.29, 0.717) is 11.4 Å². The van der Waals surface area contributed by atoms with Crippen LogP contribution in [0.4, 0.5) is 11.4 Å². The van der Waals surface area contributed by atoms with Crippen molar-refractivity contribution in [2.75, 3.05) is 18.0 Å². The number of allylic oxidation sites excluding steroid dienone is 5. The molecule has 0 saturated carbocycles. The first-order valence-corrected chi connectivity index (χ1v) is 16.1. The highest BCUT2D eigenvalue weighted by Crippen LogP contribution is 2.52. The third kappa shape index (κ3) is 4.66. The number of carbonyl (C=O) groups excluding carboxylic acids is 1. The molecule has 0 spiro atoms. The molecule has 1 aliphatic carbocycles. The van der Waals surface area contributed by atoms with Gasteiger partial charge >= 0.3 is 11.9 Å². The summed E-state index contributed by atoms with van der Waals surface area (Å²) in [6, 6.07) is 24.0. The molecule has 0 amide bonds. The molecule has 0 bridgehead atoms. The third-order valence-electron chi connectivity index (χ3n) is 10.1. The van der Waals surface area contributed by atoms with Gasteiger partial charge in [-0.25, -0.2) is 0 Å². The van der Waals surface area contributed by atoms with Crippen LogP contribution in [0, 0.1) is 0 Å². The zero-order chi connectivity index (χ0) is 34.1. The summed E-state index contributed by atoms with van der Waals surface area (Å²) in [5.41, 5.74) is 4.03. The highest BCUT2D eigenvalue weighted by atomic mass is 16.4. The molecule has 3 aliphatic rings. The summed E-state index contributed by atoms with van der Waals surface area (Å²) in [7, 11) is 0. The average Bonchev–Trinajstić information content (AvgIpc) is 3.41. The van der Waals surface area contributed by atoms with Crippen molar-refractivity contribution in [1.29, 1.82) is 0 Å². The normalized spacial score (nSPS) is 19.4. The van der Waals surface area contributed by atoms with Crippen LogP contribution in [0.15, 0.2) is 108 Å². The lowest BCUT2D eigenvalue weighted by molar-refractivity contribution is -0.436. The standard InChI is InChI=1S/C40H36N2O6/c1-39(2)31(41(19-17-33(43)44)29-15-13-23-9-5-7-11-25(23)35(29)39)21-27-37(47)28(38(27)48)22-32-40(3,4)36-26-12-8-6-10-24(26)14-16-30(36)42(32)20-18-34(45)46/h5-16,21-22H,17-20H2,1-4H3,(H2-,43,44,45,46,47,48). The van der Waals surface area contributed by atoms with Gasteiger partial charge in [-0.15, -0.1) is 0 Å². The fourth-order valence-electron chi connectivity index (χ4n) is 7.86. The molecule has 8 heteroatoms. The Hall–Kier alpha value is -5.50. The Labute approximate surface area is 278 Å². The topological polar surface area (TPSA) is 121 Å². The number of aliphatic carboxylic acids is 2. The highest BCUT2D eigenvalue weighted by Gasteiger charge is 2.47. The van der Waals surface area contributed by atoms with E-state index in [9.17, 15) is 29.7 Å². The van der Waals surface area contributed by atoms with E-state index in [2.05, 4.69) is 0 Å². The lowest BCUT2D eigenvalue weighted by atomic mass is 9.76. The van der Waals surface area contributed by atoms with Crippen molar-refractivity contribution in [1.82, 2.24) is 0 Å². The minimum Gasteiger partial charge on any atom is -0.871 e. The number of nitrogens with zero attached hydrogens (tertiary/aromatic N) is 2. The summed E-state index contributed by atoms with van der Waals surface area (Å²) in [6.45, 7) is 8.52. The van der Waals surface area contributed by atoms with Crippen molar-refractivity contribution in [3.8, 4) is 0 Å². The molecule has 0 aromatic heterocycles. The van der Waals surface area contributed by atoms with Gasteiger partial charge in [-0.05, 0) is 59.2 Å².